The summed E-state index contributed by atoms with van der Waals surface area (Å²) < 4.78 is 0. The third-order valence-corrected chi connectivity index (χ3v) is 4.87. The van der Waals surface area contributed by atoms with Gasteiger partial charge in [0.25, 0.3) is 0 Å². The summed E-state index contributed by atoms with van der Waals surface area (Å²) in [6, 6.07) is -0.0815. The smallest absolute Gasteiger partial charge is 0.320 e. The normalized spacial score (nSPS) is 34.3. The number of hydrogen-bond acceptors (Lipinski definition) is 3. The van der Waals surface area contributed by atoms with E-state index in [-0.39, 0.29) is 18.2 Å². The minimum atomic E-state index is -0.693. The number of aliphatic carboxylic acids is 1. The second kappa shape index (κ2) is 6.71. The van der Waals surface area contributed by atoms with Gasteiger partial charge in [-0.1, -0.05) is 26.2 Å². The summed E-state index contributed by atoms with van der Waals surface area (Å²) in [5.41, 5.74) is 0. The zero-order chi connectivity index (χ0) is 13.8. The molecular formula is C15H27NO3. The highest BCUT2D eigenvalue weighted by Crippen LogP contribution is 2.36. The molecule has 2 rings (SSSR count). The van der Waals surface area contributed by atoms with Crippen molar-refractivity contribution in [2.45, 2.75) is 76.5 Å². The van der Waals surface area contributed by atoms with Gasteiger partial charge in [0.05, 0.1) is 6.10 Å². The summed E-state index contributed by atoms with van der Waals surface area (Å²) in [7, 11) is 0. The van der Waals surface area contributed by atoms with Gasteiger partial charge < -0.3 is 10.2 Å². The molecule has 0 bridgehead atoms. The SMILES string of the molecule is CCCC(C(=O)O)N1CCCCC1C1CCCC1O. The van der Waals surface area contributed by atoms with Crippen LogP contribution in [0.25, 0.3) is 0 Å². The van der Waals surface area contributed by atoms with Gasteiger partial charge in [0.2, 0.25) is 0 Å². The van der Waals surface area contributed by atoms with Crippen LogP contribution in [0.1, 0.15) is 58.3 Å². The first-order chi connectivity index (χ1) is 9.15. The molecular weight excluding hydrogens is 242 g/mol. The Morgan fingerprint density at radius 2 is 2.05 bits per heavy atom. The van der Waals surface area contributed by atoms with Crippen LogP contribution in [0.4, 0.5) is 0 Å². The summed E-state index contributed by atoms with van der Waals surface area (Å²) in [5, 5.41) is 19.6. The van der Waals surface area contributed by atoms with Crippen molar-refractivity contribution < 1.29 is 15.0 Å². The zero-order valence-electron chi connectivity index (χ0n) is 11.9. The predicted octanol–water partition coefficient (Wildman–Crippen LogP) is 2.26. The Hall–Kier alpha value is -0.610. The van der Waals surface area contributed by atoms with Crippen molar-refractivity contribution in [2.75, 3.05) is 6.54 Å². The van der Waals surface area contributed by atoms with Crippen molar-refractivity contribution in [2.24, 2.45) is 5.92 Å². The van der Waals surface area contributed by atoms with Crippen LogP contribution in [0.2, 0.25) is 0 Å². The molecule has 0 aromatic rings. The van der Waals surface area contributed by atoms with E-state index in [4.69, 9.17) is 0 Å². The number of aliphatic hydroxyl groups excluding tert-OH is 1. The standard InChI is InChI=1S/C15H27NO3/c1-2-6-13(15(18)19)16-10-4-3-8-12(16)11-7-5-9-14(11)17/h11-14,17H,2-10H2,1H3,(H,18,19). The summed E-state index contributed by atoms with van der Waals surface area (Å²) >= 11 is 0. The maximum absolute atomic E-state index is 11.5. The Balaban J connectivity index is 2.11. The lowest BCUT2D eigenvalue weighted by molar-refractivity contribution is -0.146. The Morgan fingerprint density at radius 3 is 2.63 bits per heavy atom. The number of nitrogens with zero attached hydrogens (tertiary/aromatic N) is 1. The van der Waals surface area contributed by atoms with E-state index in [1.54, 1.807) is 0 Å². The van der Waals surface area contributed by atoms with Crippen LogP contribution < -0.4 is 0 Å². The molecule has 1 saturated heterocycles. The van der Waals surface area contributed by atoms with Crippen molar-refractivity contribution in [1.29, 1.82) is 0 Å². The molecule has 2 fully saturated rings. The van der Waals surface area contributed by atoms with E-state index in [0.717, 1.165) is 45.1 Å². The summed E-state index contributed by atoms with van der Waals surface area (Å²) in [5.74, 6) is -0.403. The first kappa shape index (κ1) is 14.8. The number of piperidine rings is 1. The van der Waals surface area contributed by atoms with Gasteiger partial charge in [0, 0.05) is 12.0 Å². The van der Waals surface area contributed by atoms with Crippen LogP contribution >= 0.6 is 0 Å². The van der Waals surface area contributed by atoms with Gasteiger partial charge in [-0.2, -0.15) is 0 Å². The number of likely N-dealkylation sites (tertiary alicyclic amines) is 1. The summed E-state index contributed by atoms with van der Waals surface area (Å²) in [4.78, 5) is 13.7. The Morgan fingerprint density at radius 1 is 1.26 bits per heavy atom. The first-order valence-corrected chi connectivity index (χ1v) is 7.81. The Kier molecular flexibility index (Phi) is 5.22. The number of aliphatic hydroxyl groups is 1. The molecule has 1 aliphatic heterocycles. The van der Waals surface area contributed by atoms with Crippen LogP contribution in [0.3, 0.4) is 0 Å². The predicted molar refractivity (Wildman–Crippen MR) is 74.0 cm³/mol. The molecule has 1 heterocycles. The van der Waals surface area contributed by atoms with Gasteiger partial charge >= 0.3 is 5.97 Å². The minimum Gasteiger partial charge on any atom is -0.480 e. The third-order valence-electron chi connectivity index (χ3n) is 4.87. The highest BCUT2D eigenvalue weighted by Gasteiger charge is 2.40. The van der Waals surface area contributed by atoms with Crippen molar-refractivity contribution in [1.82, 2.24) is 4.90 Å². The van der Waals surface area contributed by atoms with Gasteiger partial charge in [0.15, 0.2) is 0 Å². The van der Waals surface area contributed by atoms with Crippen LogP contribution in [0, 0.1) is 5.92 Å². The van der Waals surface area contributed by atoms with Crippen LogP contribution in [-0.4, -0.2) is 45.8 Å². The van der Waals surface area contributed by atoms with Crippen molar-refractivity contribution in [3.8, 4) is 0 Å². The maximum Gasteiger partial charge on any atom is 0.320 e. The average Bonchev–Trinajstić information content (AvgIpc) is 2.82. The van der Waals surface area contributed by atoms with Crippen molar-refractivity contribution >= 4 is 5.97 Å². The molecule has 0 radical (unpaired) electrons. The largest absolute Gasteiger partial charge is 0.480 e. The molecule has 1 saturated carbocycles. The first-order valence-electron chi connectivity index (χ1n) is 7.81. The molecule has 4 atom stereocenters. The van der Waals surface area contributed by atoms with Crippen LogP contribution in [-0.2, 0) is 4.79 Å². The lowest BCUT2D eigenvalue weighted by Crippen LogP contribution is -2.53. The van der Waals surface area contributed by atoms with E-state index < -0.39 is 5.97 Å². The number of carboxylic acid groups (broad SMARTS) is 1. The lowest BCUT2D eigenvalue weighted by Gasteiger charge is -2.43. The van der Waals surface area contributed by atoms with Gasteiger partial charge in [-0.15, -0.1) is 0 Å². The molecule has 4 heteroatoms. The van der Waals surface area contributed by atoms with Crippen LogP contribution in [0.5, 0.6) is 0 Å². The second-order valence-corrected chi connectivity index (χ2v) is 6.11. The fourth-order valence-corrected chi connectivity index (χ4v) is 3.95. The number of rotatable bonds is 5. The lowest BCUT2D eigenvalue weighted by atomic mass is 9.86. The van der Waals surface area contributed by atoms with E-state index in [1.807, 2.05) is 6.92 Å². The maximum atomic E-state index is 11.5. The molecule has 0 amide bonds. The van der Waals surface area contributed by atoms with Gasteiger partial charge in [-0.05, 0) is 38.6 Å². The fourth-order valence-electron chi connectivity index (χ4n) is 3.95. The molecule has 0 aromatic heterocycles. The highest BCUT2D eigenvalue weighted by atomic mass is 16.4. The molecule has 4 nitrogen and oxygen atoms in total. The Labute approximate surface area is 115 Å². The van der Waals surface area contributed by atoms with Gasteiger partial charge in [-0.3, -0.25) is 9.69 Å². The summed E-state index contributed by atoms with van der Waals surface area (Å²) in [6.45, 7) is 2.92. The molecule has 2 N–H and O–H groups in total. The number of carboxylic acids is 1. The van der Waals surface area contributed by atoms with E-state index in [1.165, 1.54) is 6.42 Å². The van der Waals surface area contributed by atoms with Crippen LogP contribution in [0.15, 0.2) is 0 Å². The molecule has 2 aliphatic rings. The van der Waals surface area contributed by atoms with E-state index >= 15 is 0 Å². The molecule has 0 aromatic carbocycles. The quantitative estimate of drug-likeness (QED) is 0.803. The van der Waals surface area contributed by atoms with E-state index in [2.05, 4.69) is 4.90 Å². The van der Waals surface area contributed by atoms with Gasteiger partial charge in [0.1, 0.15) is 6.04 Å². The topological polar surface area (TPSA) is 60.8 Å². The average molecular weight is 269 g/mol. The van der Waals surface area contributed by atoms with Crippen molar-refractivity contribution in [3.63, 3.8) is 0 Å². The Bertz CT molecular complexity index is 308. The van der Waals surface area contributed by atoms with Gasteiger partial charge in [-0.25, -0.2) is 0 Å². The van der Waals surface area contributed by atoms with E-state index in [9.17, 15) is 15.0 Å². The molecule has 4 unspecified atom stereocenters. The second-order valence-electron chi connectivity index (χ2n) is 6.11. The monoisotopic (exact) mass is 269 g/mol. The molecule has 0 spiro atoms. The third kappa shape index (κ3) is 3.29. The summed E-state index contributed by atoms with van der Waals surface area (Å²) in [6.07, 6.45) is 7.73. The zero-order valence-corrected chi connectivity index (χ0v) is 11.9. The number of hydrogen-bond donors (Lipinski definition) is 2. The molecule has 110 valence electrons. The van der Waals surface area contributed by atoms with Crippen molar-refractivity contribution in [3.05, 3.63) is 0 Å². The van der Waals surface area contributed by atoms with E-state index in [0.29, 0.717) is 12.3 Å². The molecule has 1 aliphatic carbocycles. The minimum absolute atomic E-state index is 0.221. The highest BCUT2D eigenvalue weighted by molar-refractivity contribution is 5.73. The fraction of sp³-hybridized carbons (Fsp3) is 0.933. The number of carbonyl (C=O) groups is 1. The molecule has 19 heavy (non-hydrogen) atoms.